The van der Waals surface area contributed by atoms with Gasteiger partial charge >= 0.3 is 0 Å². The van der Waals surface area contributed by atoms with Crippen molar-refractivity contribution in [2.24, 2.45) is 0 Å². The summed E-state index contributed by atoms with van der Waals surface area (Å²) >= 11 is 0. The van der Waals surface area contributed by atoms with Gasteiger partial charge in [0.15, 0.2) is 0 Å². The monoisotopic (exact) mass is 360 g/mol. The number of hydrogen-bond acceptors (Lipinski definition) is 2. The van der Waals surface area contributed by atoms with E-state index in [1.165, 1.54) is 22.1 Å². The SMILES string of the molecule is Cc1ccccc1-c1cc2ccccc2c(NCc2ccccc2)n1.Cl. The second-order valence-corrected chi connectivity index (χ2v) is 6.23. The lowest BCUT2D eigenvalue weighted by molar-refractivity contribution is 1.12. The highest BCUT2D eigenvalue weighted by atomic mass is 35.5. The molecule has 0 bridgehead atoms. The van der Waals surface area contributed by atoms with Gasteiger partial charge in [0, 0.05) is 17.5 Å². The van der Waals surface area contributed by atoms with E-state index in [1.54, 1.807) is 0 Å². The van der Waals surface area contributed by atoms with Crippen LogP contribution in [0.1, 0.15) is 11.1 Å². The first kappa shape index (κ1) is 18.0. The van der Waals surface area contributed by atoms with Gasteiger partial charge in [0.25, 0.3) is 0 Å². The maximum absolute atomic E-state index is 4.94. The van der Waals surface area contributed by atoms with Crippen molar-refractivity contribution in [2.75, 3.05) is 5.32 Å². The lowest BCUT2D eigenvalue weighted by Gasteiger charge is -2.13. The predicted molar refractivity (Wildman–Crippen MR) is 113 cm³/mol. The highest BCUT2D eigenvalue weighted by molar-refractivity contribution is 5.94. The number of nitrogens with zero attached hydrogens (tertiary/aromatic N) is 1. The van der Waals surface area contributed by atoms with E-state index in [9.17, 15) is 0 Å². The normalized spacial score (nSPS) is 10.3. The molecule has 1 aromatic heterocycles. The first-order valence-electron chi connectivity index (χ1n) is 8.55. The second kappa shape index (κ2) is 8.03. The fourth-order valence-electron chi connectivity index (χ4n) is 3.11. The number of anilines is 1. The van der Waals surface area contributed by atoms with Gasteiger partial charge < -0.3 is 5.32 Å². The van der Waals surface area contributed by atoms with Crippen LogP contribution >= 0.6 is 12.4 Å². The largest absolute Gasteiger partial charge is 0.365 e. The van der Waals surface area contributed by atoms with Crippen molar-refractivity contribution in [3.8, 4) is 11.3 Å². The van der Waals surface area contributed by atoms with Gasteiger partial charge in [-0.05, 0) is 29.5 Å². The Hall–Kier alpha value is -2.84. The van der Waals surface area contributed by atoms with Gasteiger partial charge in [-0.1, -0.05) is 78.9 Å². The molecule has 0 aliphatic carbocycles. The van der Waals surface area contributed by atoms with Gasteiger partial charge in [-0.3, -0.25) is 0 Å². The van der Waals surface area contributed by atoms with Gasteiger partial charge in [-0.2, -0.15) is 0 Å². The van der Waals surface area contributed by atoms with Crippen LogP contribution in [0.4, 0.5) is 5.82 Å². The molecule has 0 aliphatic heterocycles. The maximum atomic E-state index is 4.94. The molecule has 0 aliphatic rings. The van der Waals surface area contributed by atoms with Crippen molar-refractivity contribution in [3.05, 3.63) is 96.1 Å². The van der Waals surface area contributed by atoms with E-state index >= 15 is 0 Å². The molecule has 0 saturated carbocycles. The van der Waals surface area contributed by atoms with Gasteiger partial charge in [-0.15, -0.1) is 12.4 Å². The molecule has 2 nitrogen and oxygen atoms in total. The van der Waals surface area contributed by atoms with Crippen LogP contribution in [-0.2, 0) is 6.54 Å². The molecule has 1 heterocycles. The molecule has 1 N–H and O–H groups in total. The zero-order valence-corrected chi connectivity index (χ0v) is 15.5. The van der Waals surface area contributed by atoms with E-state index < -0.39 is 0 Å². The molecule has 4 rings (SSSR count). The highest BCUT2D eigenvalue weighted by Gasteiger charge is 2.09. The van der Waals surface area contributed by atoms with Gasteiger partial charge in [-0.25, -0.2) is 4.98 Å². The number of halogens is 1. The molecule has 4 aromatic rings. The predicted octanol–water partition coefficient (Wildman–Crippen LogP) is 6.24. The van der Waals surface area contributed by atoms with Crippen molar-refractivity contribution in [1.29, 1.82) is 0 Å². The number of hydrogen-bond donors (Lipinski definition) is 1. The number of aryl methyl sites for hydroxylation is 1. The quantitative estimate of drug-likeness (QED) is 0.465. The highest BCUT2D eigenvalue weighted by Crippen LogP contribution is 2.29. The third kappa shape index (κ3) is 3.71. The number of rotatable bonds is 4. The minimum atomic E-state index is 0. The van der Waals surface area contributed by atoms with Crippen LogP contribution in [0.2, 0.25) is 0 Å². The Bertz CT molecular complexity index is 1010. The van der Waals surface area contributed by atoms with Crippen molar-refractivity contribution in [1.82, 2.24) is 4.98 Å². The number of nitrogens with one attached hydrogen (secondary N) is 1. The zero-order chi connectivity index (χ0) is 17.1. The molecule has 0 amide bonds. The molecule has 0 unspecified atom stereocenters. The first-order valence-corrected chi connectivity index (χ1v) is 8.55. The maximum Gasteiger partial charge on any atom is 0.134 e. The fourth-order valence-corrected chi connectivity index (χ4v) is 3.11. The summed E-state index contributed by atoms with van der Waals surface area (Å²) in [5.41, 5.74) is 4.66. The van der Waals surface area contributed by atoms with Crippen molar-refractivity contribution >= 4 is 29.0 Å². The summed E-state index contributed by atoms with van der Waals surface area (Å²) in [4.78, 5) is 4.94. The summed E-state index contributed by atoms with van der Waals surface area (Å²) in [6.45, 7) is 2.89. The number of pyridine rings is 1. The lowest BCUT2D eigenvalue weighted by atomic mass is 10.0. The summed E-state index contributed by atoms with van der Waals surface area (Å²) in [5.74, 6) is 0.931. The lowest BCUT2D eigenvalue weighted by Crippen LogP contribution is -2.03. The molecule has 0 saturated heterocycles. The zero-order valence-electron chi connectivity index (χ0n) is 14.6. The molecule has 0 fully saturated rings. The molecule has 0 spiro atoms. The average Bonchev–Trinajstić information content (AvgIpc) is 2.67. The average molecular weight is 361 g/mol. The van der Waals surface area contributed by atoms with E-state index in [4.69, 9.17) is 4.98 Å². The molecule has 3 heteroatoms. The van der Waals surface area contributed by atoms with Crippen LogP contribution in [-0.4, -0.2) is 4.98 Å². The smallest absolute Gasteiger partial charge is 0.134 e. The van der Waals surface area contributed by atoms with Crippen LogP contribution in [0, 0.1) is 6.92 Å². The third-order valence-corrected chi connectivity index (χ3v) is 4.46. The van der Waals surface area contributed by atoms with Gasteiger partial charge in [0.05, 0.1) is 5.69 Å². The minimum Gasteiger partial charge on any atom is -0.365 e. The van der Waals surface area contributed by atoms with Gasteiger partial charge in [0.2, 0.25) is 0 Å². The number of aromatic nitrogens is 1. The summed E-state index contributed by atoms with van der Waals surface area (Å²) < 4.78 is 0. The standard InChI is InChI=1S/C23H20N2.ClH/c1-17-9-5-7-13-20(17)22-15-19-12-6-8-14-21(19)23(25-22)24-16-18-10-3-2-4-11-18;/h2-15H,16H2,1H3,(H,24,25);1H. The van der Waals surface area contributed by atoms with E-state index in [-0.39, 0.29) is 12.4 Å². The summed E-state index contributed by atoms with van der Waals surface area (Å²) in [6, 6.07) is 29.4. The van der Waals surface area contributed by atoms with Crippen molar-refractivity contribution < 1.29 is 0 Å². The van der Waals surface area contributed by atoms with Crippen LogP contribution in [0.25, 0.3) is 22.0 Å². The Morgan fingerprint density at radius 2 is 1.50 bits per heavy atom. The van der Waals surface area contributed by atoms with Crippen LogP contribution in [0.3, 0.4) is 0 Å². The minimum absolute atomic E-state index is 0. The molecule has 130 valence electrons. The molecular formula is C23H21ClN2. The van der Waals surface area contributed by atoms with Crippen molar-refractivity contribution in [3.63, 3.8) is 0 Å². The van der Waals surface area contributed by atoms with E-state index in [0.29, 0.717) is 0 Å². The molecule has 0 radical (unpaired) electrons. The third-order valence-electron chi connectivity index (χ3n) is 4.46. The second-order valence-electron chi connectivity index (χ2n) is 6.23. The Kier molecular flexibility index (Phi) is 5.55. The molecule has 0 atom stereocenters. The van der Waals surface area contributed by atoms with E-state index in [0.717, 1.165) is 23.4 Å². The number of benzene rings is 3. The Labute approximate surface area is 160 Å². The number of fused-ring (bicyclic) bond motifs is 1. The summed E-state index contributed by atoms with van der Waals surface area (Å²) in [6.07, 6.45) is 0. The van der Waals surface area contributed by atoms with E-state index in [2.05, 4.69) is 91.1 Å². The molecular weight excluding hydrogens is 340 g/mol. The first-order chi connectivity index (χ1) is 12.3. The van der Waals surface area contributed by atoms with Gasteiger partial charge in [0.1, 0.15) is 5.82 Å². The van der Waals surface area contributed by atoms with Crippen LogP contribution < -0.4 is 5.32 Å². The van der Waals surface area contributed by atoms with E-state index in [1.807, 2.05) is 6.07 Å². The molecule has 3 aromatic carbocycles. The fraction of sp³-hybridized carbons (Fsp3) is 0.0870. The Morgan fingerprint density at radius 3 is 2.31 bits per heavy atom. The van der Waals surface area contributed by atoms with Crippen LogP contribution in [0.5, 0.6) is 0 Å². The summed E-state index contributed by atoms with van der Waals surface area (Å²) in [5, 5.41) is 5.87. The Balaban J connectivity index is 0.00000196. The topological polar surface area (TPSA) is 24.9 Å². The van der Waals surface area contributed by atoms with Crippen molar-refractivity contribution in [2.45, 2.75) is 13.5 Å². The Morgan fingerprint density at radius 1 is 0.808 bits per heavy atom. The van der Waals surface area contributed by atoms with Crippen LogP contribution in [0.15, 0.2) is 84.9 Å². The summed E-state index contributed by atoms with van der Waals surface area (Å²) in [7, 11) is 0. The molecule has 26 heavy (non-hydrogen) atoms.